The lowest BCUT2D eigenvalue weighted by Crippen LogP contribution is -2.23. The van der Waals surface area contributed by atoms with Gasteiger partial charge in [0.2, 0.25) is 0 Å². The van der Waals surface area contributed by atoms with E-state index in [2.05, 4.69) is 178 Å². The monoisotopic (exact) mass is 953 g/mol. The molecule has 0 saturated carbocycles. The summed E-state index contributed by atoms with van der Waals surface area (Å²) in [6.45, 7) is 6.01. The van der Waals surface area contributed by atoms with Crippen molar-refractivity contribution in [1.82, 2.24) is 0 Å². The van der Waals surface area contributed by atoms with Crippen LogP contribution in [0.4, 0.5) is 0 Å². The highest BCUT2D eigenvalue weighted by Crippen LogP contribution is 2.39. The van der Waals surface area contributed by atoms with E-state index in [9.17, 15) is 0 Å². The predicted molar refractivity (Wildman–Crippen MR) is 217 cm³/mol. The van der Waals surface area contributed by atoms with Crippen LogP contribution >= 0.6 is 87.6 Å². The maximum atomic E-state index is 6.03. The Bertz CT molecular complexity index is 993. The molecule has 250 valence electrons. The Balaban J connectivity index is 0.000000235. The van der Waals surface area contributed by atoms with Crippen molar-refractivity contribution in [1.29, 1.82) is 0 Å². The van der Waals surface area contributed by atoms with Gasteiger partial charge in [-0.2, -0.15) is 0 Å². The van der Waals surface area contributed by atoms with Crippen LogP contribution in [0.5, 0.6) is 0 Å². The predicted octanol–water partition coefficient (Wildman–Crippen LogP) is 10.9. The van der Waals surface area contributed by atoms with Crippen molar-refractivity contribution in [3.05, 3.63) is 91.0 Å². The zero-order valence-corrected chi connectivity index (χ0v) is 35.1. The van der Waals surface area contributed by atoms with Crippen LogP contribution in [0.3, 0.4) is 0 Å². The van der Waals surface area contributed by atoms with Crippen LogP contribution in [-0.4, -0.2) is 38.3 Å². The van der Waals surface area contributed by atoms with Crippen LogP contribution in [0, 0.1) is 5.92 Å². The summed E-state index contributed by atoms with van der Waals surface area (Å²) in [5, 5.41) is 4.19. The van der Waals surface area contributed by atoms with E-state index in [0.717, 1.165) is 32.3 Å². The molecule has 0 amide bonds. The van der Waals surface area contributed by atoms with Gasteiger partial charge in [0.15, 0.2) is 1.05 Å². The Morgan fingerprint density at radius 3 is 1.56 bits per heavy atom. The second kappa shape index (κ2) is 25.4. The van der Waals surface area contributed by atoms with E-state index in [1.807, 2.05) is 0 Å². The fourth-order valence-corrected chi connectivity index (χ4v) is 7.98. The van der Waals surface area contributed by atoms with Gasteiger partial charge in [-0.3, -0.25) is 0 Å². The Hall–Kier alpha value is 0.370. The van der Waals surface area contributed by atoms with E-state index < -0.39 is 7.92 Å². The number of nitrogens with two attached hydrogens (primary N) is 1. The van der Waals surface area contributed by atoms with Crippen molar-refractivity contribution in [2.75, 3.05) is 26.4 Å². The molecule has 3 aromatic carbocycles. The summed E-state index contributed by atoms with van der Waals surface area (Å²) in [6.07, 6.45) is 11.0. The van der Waals surface area contributed by atoms with Crippen LogP contribution in [0.2, 0.25) is 0 Å². The first kappa shape index (κ1) is 41.5. The Kier molecular flexibility index (Phi) is 23.4. The minimum Gasteiger partial charge on any atom is -0.381 e. The highest BCUT2D eigenvalue weighted by Gasteiger charge is 2.16. The normalized spacial score (nSPS) is 19.2. The molecular weight excluding hydrogens is 909 g/mol. The third-order valence-corrected chi connectivity index (χ3v) is 10.7. The molecule has 2 saturated heterocycles. The number of rotatable bonds is 7. The van der Waals surface area contributed by atoms with Crippen LogP contribution < -0.4 is 21.6 Å². The quantitative estimate of drug-likeness (QED) is 0.190. The van der Waals surface area contributed by atoms with Crippen molar-refractivity contribution < 1.29 is 9.47 Å². The van der Waals surface area contributed by atoms with Crippen LogP contribution in [-0.2, 0) is 9.47 Å². The van der Waals surface area contributed by atoms with Crippen molar-refractivity contribution in [2.24, 2.45) is 11.7 Å². The first-order valence-corrected chi connectivity index (χ1v) is 21.4. The van der Waals surface area contributed by atoms with E-state index in [0.29, 0.717) is 10.9 Å². The molecule has 3 atom stereocenters. The molecule has 2 aliphatic heterocycles. The lowest BCUT2D eigenvalue weighted by molar-refractivity contribution is 0.140. The van der Waals surface area contributed by atoms with E-state index in [-0.39, 0.29) is 1.05 Å². The van der Waals surface area contributed by atoms with Gasteiger partial charge in [0.25, 0.3) is 0 Å². The standard InChI is InChI=1S/C18H15P.C11H23NO.C6H11BrO.CBr4/c1-4-10-16(11-5-1)19(17-12-6-2-7-13-17)18-14-8-3-9-15-18;1-2-4-11(12)9-10-5-3-7-13-8-6-10;7-6-2-1-4-8-5-3-6;2-1(3,4)5/h1-15H;10-11H,2-9,12H2,1H3;6H,1-5H2;/t;10?,11-;;/m.1../s1. The first-order valence-electron chi connectivity index (χ1n) is 15.9. The second-order valence-electron chi connectivity index (χ2n) is 11.1. The average molecular weight is 958 g/mol. The van der Waals surface area contributed by atoms with E-state index in [4.69, 9.17) is 15.2 Å². The summed E-state index contributed by atoms with van der Waals surface area (Å²) >= 11 is 16.1. The van der Waals surface area contributed by atoms with Gasteiger partial charge in [0, 0.05) is 37.3 Å². The number of alkyl halides is 5. The summed E-state index contributed by atoms with van der Waals surface area (Å²) < 4.78 is 10.4. The van der Waals surface area contributed by atoms with Gasteiger partial charge in [-0.25, -0.2) is 0 Å². The zero-order valence-electron chi connectivity index (χ0n) is 26.3. The lowest BCUT2D eigenvalue weighted by Gasteiger charge is -2.18. The van der Waals surface area contributed by atoms with Gasteiger partial charge in [0.05, 0.1) is 0 Å². The molecule has 9 heteroatoms. The van der Waals surface area contributed by atoms with Gasteiger partial charge in [0.1, 0.15) is 0 Å². The van der Waals surface area contributed by atoms with Crippen molar-refractivity contribution in [2.45, 2.75) is 76.6 Å². The maximum Gasteiger partial charge on any atom is 0.189 e. The molecule has 3 aromatic rings. The van der Waals surface area contributed by atoms with Crippen molar-refractivity contribution >= 4 is 103 Å². The second-order valence-corrected chi connectivity index (χ2v) is 25.8. The topological polar surface area (TPSA) is 44.5 Å². The number of hydrogen-bond donors (Lipinski definition) is 1. The number of benzene rings is 3. The molecule has 2 aliphatic rings. The lowest BCUT2D eigenvalue weighted by atomic mass is 9.92. The van der Waals surface area contributed by atoms with Crippen molar-refractivity contribution in [3.8, 4) is 0 Å². The van der Waals surface area contributed by atoms with Gasteiger partial charge < -0.3 is 15.2 Å². The molecule has 2 heterocycles. The molecule has 3 nitrogen and oxygen atoms in total. The molecule has 2 fully saturated rings. The summed E-state index contributed by atoms with van der Waals surface area (Å²) in [5.41, 5.74) is 6.03. The molecule has 0 aromatic heterocycles. The molecule has 5 rings (SSSR count). The number of hydrogen-bond acceptors (Lipinski definition) is 3. The summed E-state index contributed by atoms with van der Waals surface area (Å²) in [7, 11) is -0.446. The molecule has 0 bridgehead atoms. The molecular formula is C36H49Br5NO2P. The minimum atomic E-state index is -0.446. The first-order chi connectivity index (χ1) is 21.7. The fourth-order valence-electron chi connectivity index (χ4n) is 5.17. The van der Waals surface area contributed by atoms with Crippen molar-refractivity contribution in [3.63, 3.8) is 0 Å². The zero-order chi connectivity index (χ0) is 32.8. The summed E-state index contributed by atoms with van der Waals surface area (Å²) in [5.74, 6) is 0.823. The molecule has 0 spiro atoms. The van der Waals surface area contributed by atoms with Crippen LogP contribution in [0.15, 0.2) is 91.0 Å². The average Bonchev–Trinajstić information content (AvgIpc) is 3.43. The Labute approximate surface area is 316 Å². The van der Waals surface area contributed by atoms with Gasteiger partial charge in [-0.05, 0) is 145 Å². The molecule has 2 unspecified atom stereocenters. The molecule has 0 radical (unpaired) electrons. The number of ether oxygens (including phenoxy) is 2. The molecule has 2 N–H and O–H groups in total. The molecule has 45 heavy (non-hydrogen) atoms. The minimum absolute atomic E-state index is 0.250. The third-order valence-electron chi connectivity index (χ3n) is 7.29. The fraction of sp³-hybridized carbons (Fsp3) is 0.500. The van der Waals surface area contributed by atoms with Crippen LogP contribution in [0.1, 0.15) is 64.7 Å². The van der Waals surface area contributed by atoms with E-state index in [1.54, 1.807) is 0 Å². The summed E-state index contributed by atoms with van der Waals surface area (Å²) in [4.78, 5) is 0.713. The Morgan fingerprint density at radius 1 is 0.689 bits per heavy atom. The van der Waals surface area contributed by atoms with Gasteiger partial charge >= 0.3 is 0 Å². The van der Waals surface area contributed by atoms with Gasteiger partial charge in [-0.15, -0.1) is 0 Å². The molecule has 0 aliphatic carbocycles. The third kappa shape index (κ3) is 21.1. The SMILES string of the molecule is BrC(Br)(Br)Br.BrC1CCCOCC1.CCC[C@@H](N)CC1CCCOCC1.c1ccc(P(c2ccccc2)c2ccccc2)cc1. The van der Waals surface area contributed by atoms with E-state index in [1.165, 1.54) is 73.7 Å². The summed E-state index contributed by atoms with van der Waals surface area (Å²) in [6, 6.07) is 32.8. The van der Waals surface area contributed by atoms with Crippen LogP contribution in [0.25, 0.3) is 0 Å². The smallest absolute Gasteiger partial charge is 0.189 e. The highest BCUT2D eigenvalue weighted by molar-refractivity contribution is 9.52. The van der Waals surface area contributed by atoms with Gasteiger partial charge in [-0.1, -0.05) is 120 Å². The highest BCUT2D eigenvalue weighted by atomic mass is 80.0. The van der Waals surface area contributed by atoms with E-state index >= 15 is 0 Å². The Morgan fingerprint density at radius 2 is 1.11 bits per heavy atom. The largest absolute Gasteiger partial charge is 0.381 e. The number of halogens is 5. The maximum absolute atomic E-state index is 6.03.